The predicted molar refractivity (Wildman–Crippen MR) is 115 cm³/mol. The monoisotopic (exact) mass is 399 g/mol. The Morgan fingerprint density at radius 1 is 1.04 bits per heavy atom. The molecule has 0 fully saturated rings. The third-order valence-electron chi connectivity index (χ3n) is 4.70. The Kier molecular flexibility index (Phi) is 8.18. The summed E-state index contributed by atoms with van der Waals surface area (Å²) in [6, 6.07) is 10.0. The number of hydrogen-bond donors (Lipinski definition) is 2. The highest BCUT2D eigenvalue weighted by molar-refractivity contribution is 7.98. The third kappa shape index (κ3) is 5.97. The highest BCUT2D eigenvalue weighted by atomic mass is 32.2. The van der Waals surface area contributed by atoms with Crippen LogP contribution in [-0.2, 0) is 5.75 Å². The van der Waals surface area contributed by atoms with E-state index in [1.807, 2.05) is 36.5 Å². The second kappa shape index (κ2) is 11.1. The molecule has 0 radical (unpaired) electrons. The SMILES string of the molecule is Cc1c(OCCCCCCCCO)ccnc1SCc1nc2ccccc2[nH]1. The lowest BCUT2D eigenvalue weighted by molar-refractivity contribution is 0.280. The molecule has 2 N–H and O–H groups in total. The van der Waals surface area contributed by atoms with Gasteiger partial charge in [0.2, 0.25) is 0 Å². The van der Waals surface area contributed by atoms with Crippen LogP contribution in [0.2, 0.25) is 0 Å². The Bertz CT molecular complexity index is 833. The number of aromatic amines is 1. The first kappa shape index (κ1) is 20.7. The molecule has 0 aliphatic carbocycles. The summed E-state index contributed by atoms with van der Waals surface area (Å²) in [5.74, 6) is 2.63. The molecule has 5 nitrogen and oxygen atoms in total. The fourth-order valence-electron chi connectivity index (χ4n) is 3.12. The molecule has 2 aromatic heterocycles. The van der Waals surface area contributed by atoms with E-state index in [1.54, 1.807) is 11.8 Å². The van der Waals surface area contributed by atoms with Crippen molar-refractivity contribution in [1.29, 1.82) is 0 Å². The summed E-state index contributed by atoms with van der Waals surface area (Å²) in [4.78, 5) is 12.5. The van der Waals surface area contributed by atoms with Gasteiger partial charge in [-0.1, -0.05) is 49.6 Å². The van der Waals surface area contributed by atoms with Gasteiger partial charge in [-0.05, 0) is 38.0 Å². The minimum Gasteiger partial charge on any atom is -0.493 e. The van der Waals surface area contributed by atoms with Gasteiger partial charge in [-0.25, -0.2) is 9.97 Å². The predicted octanol–water partition coefficient (Wildman–Crippen LogP) is 5.27. The van der Waals surface area contributed by atoms with E-state index >= 15 is 0 Å². The number of nitrogens with one attached hydrogen (secondary N) is 1. The molecular formula is C22H29N3O2S. The molecule has 28 heavy (non-hydrogen) atoms. The van der Waals surface area contributed by atoms with E-state index in [0.29, 0.717) is 6.61 Å². The van der Waals surface area contributed by atoms with E-state index in [9.17, 15) is 0 Å². The largest absolute Gasteiger partial charge is 0.493 e. The van der Waals surface area contributed by atoms with Crippen LogP contribution in [0.5, 0.6) is 5.75 Å². The number of benzene rings is 1. The van der Waals surface area contributed by atoms with E-state index in [1.165, 1.54) is 19.3 Å². The lowest BCUT2D eigenvalue weighted by atomic mass is 10.1. The average Bonchev–Trinajstić information content (AvgIpc) is 3.13. The van der Waals surface area contributed by atoms with E-state index in [-0.39, 0.29) is 0 Å². The Balaban J connectivity index is 1.46. The summed E-state index contributed by atoms with van der Waals surface area (Å²) in [5, 5.41) is 9.77. The van der Waals surface area contributed by atoms with Crippen LogP contribution in [0.4, 0.5) is 0 Å². The average molecular weight is 400 g/mol. The summed E-state index contributed by atoms with van der Waals surface area (Å²) in [7, 11) is 0. The fraction of sp³-hybridized carbons (Fsp3) is 0.455. The number of imidazole rings is 1. The van der Waals surface area contributed by atoms with Crippen molar-refractivity contribution < 1.29 is 9.84 Å². The number of nitrogens with zero attached hydrogens (tertiary/aromatic N) is 2. The Hall–Kier alpha value is -2.05. The molecule has 0 bridgehead atoms. The number of aliphatic hydroxyl groups is 1. The van der Waals surface area contributed by atoms with Gasteiger partial charge in [0.1, 0.15) is 16.6 Å². The number of H-pyrrole nitrogens is 1. The molecule has 1 aromatic carbocycles. The number of rotatable bonds is 12. The number of para-hydroxylation sites is 2. The zero-order valence-electron chi connectivity index (χ0n) is 16.5. The van der Waals surface area contributed by atoms with Gasteiger partial charge in [0.15, 0.2) is 0 Å². The summed E-state index contributed by atoms with van der Waals surface area (Å²) < 4.78 is 5.99. The molecule has 0 saturated carbocycles. The molecule has 150 valence electrons. The molecule has 3 aromatic rings. The molecule has 0 aliphatic heterocycles. The summed E-state index contributed by atoms with van der Waals surface area (Å²) in [6.07, 6.45) is 8.48. The van der Waals surface area contributed by atoms with Crippen LogP contribution in [-0.4, -0.2) is 33.3 Å². The Morgan fingerprint density at radius 2 is 1.82 bits per heavy atom. The van der Waals surface area contributed by atoms with Crippen molar-refractivity contribution in [2.75, 3.05) is 13.2 Å². The maximum atomic E-state index is 8.79. The smallest absolute Gasteiger partial charge is 0.126 e. The number of aliphatic hydroxyl groups excluding tert-OH is 1. The molecule has 2 heterocycles. The number of unbranched alkanes of at least 4 members (excludes halogenated alkanes) is 5. The van der Waals surface area contributed by atoms with Crippen molar-refractivity contribution in [2.24, 2.45) is 0 Å². The van der Waals surface area contributed by atoms with Crippen molar-refractivity contribution >= 4 is 22.8 Å². The molecule has 0 saturated heterocycles. The summed E-state index contributed by atoms with van der Waals surface area (Å²) in [5.41, 5.74) is 3.15. The van der Waals surface area contributed by atoms with Gasteiger partial charge in [-0.3, -0.25) is 0 Å². The van der Waals surface area contributed by atoms with Crippen LogP contribution in [0.15, 0.2) is 41.6 Å². The van der Waals surface area contributed by atoms with Gasteiger partial charge >= 0.3 is 0 Å². The first-order valence-corrected chi connectivity index (χ1v) is 11.0. The summed E-state index contributed by atoms with van der Waals surface area (Å²) in [6.45, 7) is 3.11. The van der Waals surface area contributed by atoms with Crippen molar-refractivity contribution in [2.45, 2.75) is 56.2 Å². The second-order valence-corrected chi connectivity index (χ2v) is 7.89. The lowest BCUT2D eigenvalue weighted by Crippen LogP contribution is -2.00. The highest BCUT2D eigenvalue weighted by Gasteiger charge is 2.09. The fourth-order valence-corrected chi connectivity index (χ4v) is 3.98. The number of aromatic nitrogens is 3. The van der Waals surface area contributed by atoms with E-state index in [4.69, 9.17) is 9.84 Å². The number of hydrogen-bond acceptors (Lipinski definition) is 5. The topological polar surface area (TPSA) is 71.0 Å². The first-order chi connectivity index (χ1) is 13.8. The van der Waals surface area contributed by atoms with E-state index < -0.39 is 0 Å². The van der Waals surface area contributed by atoms with Gasteiger partial charge in [0.05, 0.1) is 23.4 Å². The number of fused-ring (bicyclic) bond motifs is 1. The Morgan fingerprint density at radius 3 is 2.64 bits per heavy atom. The second-order valence-electron chi connectivity index (χ2n) is 6.92. The summed E-state index contributed by atoms with van der Waals surface area (Å²) >= 11 is 1.68. The quantitative estimate of drug-likeness (QED) is 0.321. The van der Waals surface area contributed by atoms with Gasteiger partial charge in [-0.2, -0.15) is 0 Å². The zero-order chi connectivity index (χ0) is 19.6. The van der Waals surface area contributed by atoms with Crippen LogP contribution < -0.4 is 4.74 Å². The number of thioether (sulfide) groups is 1. The van der Waals surface area contributed by atoms with Crippen molar-refractivity contribution in [3.63, 3.8) is 0 Å². The number of ether oxygens (including phenoxy) is 1. The van der Waals surface area contributed by atoms with Crippen LogP contribution >= 0.6 is 11.8 Å². The molecule has 0 atom stereocenters. The standard InChI is InChI=1S/C22H29N3O2S/c1-17-20(27-15-9-5-3-2-4-8-14-26)12-13-23-22(17)28-16-21-24-18-10-6-7-11-19(18)25-21/h6-7,10-13,26H,2-5,8-9,14-16H2,1H3,(H,24,25). The maximum Gasteiger partial charge on any atom is 0.126 e. The van der Waals surface area contributed by atoms with E-state index in [2.05, 4.69) is 21.9 Å². The van der Waals surface area contributed by atoms with Crippen molar-refractivity contribution in [3.05, 3.63) is 47.9 Å². The molecule has 0 aliphatic rings. The van der Waals surface area contributed by atoms with Gasteiger partial charge in [0, 0.05) is 18.4 Å². The molecule has 0 amide bonds. The van der Waals surface area contributed by atoms with Crippen LogP contribution in [0.3, 0.4) is 0 Å². The lowest BCUT2D eigenvalue weighted by Gasteiger charge is -2.11. The maximum absolute atomic E-state index is 8.79. The van der Waals surface area contributed by atoms with Crippen LogP contribution in [0, 0.1) is 6.92 Å². The van der Waals surface area contributed by atoms with Crippen molar-refractivity contribution in [1.82, 2.24) is 15.0 Å². The molecule has 3 rings (SSSR count). The molecule has 0 unspecified atom stereocenters. The minimum atomic E-state index is 0.307. The molecular weight excluding hydrogens is 370 g/mol. The first-order valence-electron chi connectivity index (χ1n) is 10.0. The van der Waals surface area contributed by atoms with Crippen LogP contribution in [0.25, 0.3) is 11.0 Å². The van der Waals surface area contributed by atoms with Gasteiger partial charge in [0.25, 0.3) is 0 Å². The number of pyridine rings is 1. The Labute approximate surface area is 170 Å². The van der Waals surface area contributed by atoms with Gasteiger partial charge < -0.3 is 14.8 Å². The zero-order valence-corrected chi connectivity index (χ0v) is 17.3. The van der Waals surface area contributed by atoms with Gasteiger partial charge in [-0.15, -0.1) is 0 Å². The normalized spacial score (nSPS) is 11.2. The van der Waals surface area contributed by atoms with Crippen LogP contribution in [0.1, 0.15) is 49.9 Å². The highest BCUT2D eigenvalue weighted by Crippen LogP contribution is 2.29. The van der Waals surface area contributed by atoms with Crippen molar-refractivity contribution in [3.8, 4) is 5.75 Å². The molecule has 6 heteroatoms. The minimum absolute atomic E-state index is 0.307. The third-order valence-corrected chi connectivity index (χ3v) is 5.80. The molecule has 0 spiro atoms. The van der Waals surface area contributed by atoms with E-state index in [0.717, 1.165) is 64.8 Å².